The van der Waals surface area contributed by atoms with E-state index < -0.39 is 6.36 Å². The zero-order valence-corrected chi connectivity index (χ0v) is 23.0. The zero-order chi connectivity index (χ0) is 28.3. The number of carbonyl (C=O) groups is 1. The molecule has 5 rings (SSSR count). The van der Waals surface area contributed by atoms with Crippen molar-refractivity contribution in [1.82, 2.24) is 14.4 Å². The molecule has 0 bridgehead atoms. The Hall–Kier alpha value is -3.49. The number of aromatic nitrogens is 1. The third kappa shape index (κ3) is 6.45. The lowest BCUT2D eigenvalue weighted by Gasteiger charge is -2.35. The molecule has 1 saturated heterocycles. The third-order valence-corrected chi connectivity index (χ3v) is 7.60. The van der Waals surface area contributed by atoms with E-state index in [4.69, 9.17) is 11.6 Å². The molecule has 1 aliphatic rings. The van der Waals surface area contributed by atoms with E-state index in [0.717, 1.165) is 66.6 Å². The topological polar surface area (TPSA) is 37.7 Å². The molecule has 40 heavy (non-hydrogen) atoms. The molecule has 9 heteroatoms. The predicted octanol–water partition coefficient (Wildman–Crippen LogP) is 7.62. The molecule has 0 radical (unpaired) electrons. The van der Waals surface area contributed by atoms with Gasteiger partial charge < -0.3 is 14.2 Å². The Kier molecular flexibility index (Phi) is 8.38. The van der Waals surface area contributed by atoms with E-state index in [1.54, 1.807) is 24.3 Å². The summed E-state index contributed by atoms with van der Waals surface area (Å²) < 4.78 is 44.2. The fraction of sp³-hybridized carbons (Fsp3) is 0.323. The zero-order valence-electron chi connectivity index (χ0n) is 22.3. The summed E-state index contributed by atoms with van der Waals surface area (Å²) in [6.07, 6.45) is -0.551. The second-order valence-corrected chi connectivity index (χ2v) is 10.5. The molecule has 0 aliphatic carbocycles. The van der Waals surface area contributed by atoms with Gasteiger partial charge in [0.15, 0.2) is 0 Å². The average molecular weight is 570 g/mol. The number of benzene rings is 3. The molecule has 0 spiro atoms. The number of ether oxygens (including phenoxy) is 1. The van der Waals surface area contributed by atoms with Crippen LogP contribution in [-0.2, 0) is 13.1 Å². The molecule has 1 fully saturated rings. The van der Waals surface area contributed by atoms with E-state index in [1.165, 1.54) is 12.1 Å². The molecular weight excluding hydrogens is 539 g/mol. The normalized spacial score (nSPS) is 14.6. The van der Waals surface area contributed by atoms with Gasteiger partial charge in [-0.2, -0.15) is 0 Å². The summed E-state index contributed by atoms with van der Waals surface area (Å²) in [5.41, 5.74) is 4.57. The van der Waals surface area contributed by atoms with Gasteiger partial charge in [-0.3, -0.25) is 9.69 Å². The van der Waals surface area contributed by atoms with Crippen molar-refractivity contribution in [2.24, 2.45) is 0 Å². The maximum Gasteiger partial charge on any atom is 0.573 e. The smallest absolute Gasteiger partial charge is 0.406 e. The summed E-state index contributed by atoms with van der Waals surface area (Å²) in [5.74, 6) is -0.282. The highest BCUT2D eigenvalue weighted by Crippen LogP contribution is 2.34. The van der Waals surface area contributed by atoms with Crippen molar-refractivity contribution < 1.29 is 22.7 Å². The minimum Gasteiger partial charge on any atom is -0.406 e. The number of alkyl halides is 3. The number of unbranched alkanes of at least 4 members (excludes halogenated alkanes) is 1. The van der Waals surface area contributed by atoms with Gasteiger partial charge in [0.25, 0.3) is 5.91 Å². The number of rotatable bonds is 8. The molecule has 4 aromatic rings. The Labute approximate surface area is 236 Å². The first-order chi connectivity index (χ1) is 19.2. The highest BCUT2D eigenvalue weighted by molar-refractivity contribution is 6.33. The molecule has 0 unspecified atom stereocenters. The van der Waals surface area contributed by atoms with Gasteiger partial charge in [-0.1, -0.05) is 55.3 Å². The van der Waals surface area contributed by atoms with Crippen LogP contribution in [0, 0.1) is 0 Å². The monoisotopic (exact) mass is 569 g/mol. The van der Waals surface area contributed by atoms with Crippen LogP contribution in [0.5, 0.6) is 5.75 Å². The number of aryl methyl sites for hydroxylation is 1. The summed E-state index contributed by atoms with van der Waals surface area (Å²) >= 11 is 6.23. The molecule has 0 saturated carbocycles. The van der Waals surface area contributed by atoms with Crippen molar-refractivity contribution in [3.63, 3.8) is 0 Å². The second kappa shape index (κ2) is 11.9. The lowest BCUT2D eigenvalue weighted by Crippen LogP contribution is -2.48. The van der Waals surface area contributed by atoms with E-state index in [1.807, 2.05) is 17.0 Å². The molecule has 2 heterocycles. The summed E-state index contributed by atoms with van der Waals surface area (Å²) in [4.78, 5) is 17.1. The van der Waals surface area contributed by atoms with Crippen LogP contribution in [0.1, 0.15) is 35.7 Å². The maximum atomic E-state index is 12.9. The van der Waals surface area contributed by atoms with Gasteiger partial charge in [0.1, 0.15) is 5.75 Å². The number of hydrogen-bond acceptors (Lipinski definition) is 3. The van der Waals surface area contributed by atoms with Crippen LogP contribution in [0.3, 0.4) is 0 Å². The van der Waals surface area contributed by atoms with Gasteiger partial charge >= 0.3 is 6.36 Å². The molecule has 1 aliphatic heterocycles. The van der Waals surface area contributed by atoms with Crippen molar-refractivity contribution in [2.45, 2.75) is 39.2 Å². The summed E-state index contributed by atoms with van der Waals surface area (Å²) in [7, 11) is 0. The highest BCUT2D eigenvalue weighted by atomic mass is 35.5. The van der Waals surface area contributed by atoms with Crippen LogP contribution in [0.2, 0.25) is 5.02 Å². The molecule has 1 aromatic heterocycles. The third-order valence-electron chi connectivity index (χ3n) is 7.27. The maximum absolute atomic E-state index is 12.9. The van der Waals surface area contributed by atoms with Crippen LogP contribution in [0.4, 0.5) is 13.2 Å². The molecule has 5 nitrogen and oxygen atoms in total. The van der Waals surface area contributed by atoms with Crippen LogP contribution in [-0.4, -0.2) is 52.8 Å². The van der Waals surface area contributed by atoms with Gasteiger partial charge in [-0.25, -0.2) is 0 Å². The lowest BCUT2D eigenvalue weighted by molar-refractivity contribution is -0.274. The lowest BCUT2D eigenvalue weighted by atomic mass is 10.0. The Morgan fingerprint density at radius 1 is 0.975 bits per heavy atom. The second-order valence-electron chi connectivity index (χ2n) is 10.1. The fourth-order valence-electron chi connectivity index (χ4n) is 5.19. The molecule has 0 atom stereocenters. The van der Waals surface area contributed by atoms with Crippen LogP contribution < -0.4 is 4.74 Å². The van der Waals surface area contributed by atoms with E-state index in [-0.39, 0.29) is 11.7 Å². The van der Waals surface area contributed by atoms with Crippen LogP contribution >= 0.6 is 11.6 Å². The number of fused-ring (bicyclic) bond motifs is 1. The van der Waals surface area contributed by atoms with Crippen molar-refractivity contribution >= 4 is 28.4 Å². The largest absolute Gasteiger partial charge is 0.573 e. The Balaban J connectivity index is 1.33. The summed E-state index contributed by atoms with van der Waals surface area (Å²) in [5, 5.41) is 1.53. The molecule has 1 amide bonds. The van der Waals surface area contributed by atoms with E-state index in [0.29, 0.717) is 23.7 Å². The van der Waals surface area contributed by atoms with Crippen molar-refractivity contribution in [1.29, 1.82) is 0 Å². The Bertz CT molecular complexity index is 1480. The highest BCUT2D eigenvalue weighted by Gasteiger charge is 2.31. The number of piperazine rings is 1. The van der Waals surface area contributed by atoms with E-state index >= 15 is 0 Å². The molecular formula is C31H31ClF3N3O2. The Morgan fingerprint density at radius 2 is 1.70 bits per heavy atom. The van der Waals surface area contributed by atoms with Crippen LogP contribution in [0.15, 0.2) is 72.9 Å². The number of carbonyl (C=O) groups excluding carboxylic acids is 1. The molecule has 210 valence electrons. The molecule has 0 N–H and O–H groups in total. The van der Waals surface area contributed by atoms with Gasteiger partial charge in [0.05, 0.1) is 10.6 Å². The fourth-order valence-corrected chi connectivity index (χ4v) is 5.41. The van der Waals surface area contributed by atoms with Gasteiger partial charge in [-0.05, 0) is 53.9 Å². The SMILES string of the molecule is CCCCn1cc(-c2ccc(OC(F)(F)F)cc2)c2cc(CN3CCN(C(=O)c4ccccc4Cl)CC3)ccc21. The predicted molar refractivity (Wildman–Crippen MR) is 152 cm³/mol. The summed E-state index contributed by atoms with van der Waals surface area (Å²) in [6, 6.07) is 19.6. The number of nitrogens with zero attached hydrogens (tertiary/aromatic N) is 3. The quantitative estimate of drug-likeness (QED) is 0.219. The Morgan fingerprint density at radius 3 is 2.38 bits per heavy atom. The van der Waals surface area contributed by atoms with Gasteiger partial charge in [0.2, 0.25) is 0 Å². The van der Waals surface area contributed by atoms with Gasteiger partial charge in [0, 0.05) is 61.9 Å². The van der Waals surface area contributed by atoms with E-state index in [9.17, 15) is 18.0 Å². The first kappa shape index (κ1) is 28.1. The van der Waals surface area contributed by atoms with E-state index in [2.05, 4.69) is 45.5 Å². The standard InChI is InChI=1S/C31H31ClF3N3O2/c1-2-3-14-38-21-27(23-9-11-24(12-10-23)40-31(33,34)35)26-19-22(8-13-29(26)38)20-36-15-17-37(18-16-36)30(39)25-6-4-5-7-28(25)32/h4-13,19,21H,2-3,14-18,20H2,1H3. The first-order valence-corrected chi connectivity index (χ1v) is 13.8. The first-order valence-electron chi connectivity index (χ1n) is 13.5. The van der Waals surface area contributed by atoms with Crippen LogP contribution in [0.25, 0.3) is 22.0 Å². The number of amides is 1. The van der Waals surface area contributed by atoms with Gasteiger partial charge in [-0.15, -0.1) is 13.2 Å². The number of halogens is 4. The van der Waals surface area contributed by atoms with Crippen molar-refractivity contribution in [2.75, 3.05) is 26.2 Å². The van der Waals surface area contributed by atoms with Crippen molar-refractivity contribution in [3.8, 4) is 16.9 Å². The summed E-state index contributed by atoms with van der Waals surface area (Å²) in [6.45, 7) is 6.49. The average Bonchev–Trinajstić information content (AvgIpc) is 3.29. The minimum atomic E-state index is -4.72. The molecule has 3 aromatic carbocycles. The van der Waals surface area contributed by atoms with Crippen molar-refractivity contribution in [3.05, 3.63) is 89.1 Å². The number of hydrogen-bond donors (Lipinski definition) is 0. The minimum absolute atomic E-state index is 0.0450.